The van der Waals surface area contributed by atoms with Crippen LogP contribution >= 0.6 is 0 Å². The maximum atomic E-state index is 13.9. The van der Waals surface area contributed by atoms with Crippen LogP contribution in [0.5, 0.6) is 0 Å². The van der Waals surface area contributed by atoms with Crippen LogP contribution < -0.4 is 5.32 Å². The molecule has 1 N–H and O–H groups in total. The van der Waals surface area contributed by atoms with Crippen LogP contribution in [0.15, 0.2) is 83.8 Å². The Morgan fingerprint density at radius 3 is 2.27 bits per heavy atom. The van der Waals surface area contributed by atoms with Gasteiger partial charge in [0.1, 0.15) is 10.9 Å². The lowest BCUT2D eigenvalue weighted by atomic mass is 10.0. The van der Waals surface area contributed by atoms with Crippen LogP contribution in [0, 0.1) is 12.8 Å². The highest BCUT2D eigenvalue weighted by Crippen LogP contribution is 2.30. The number of amides is 3. The molecule has 0 radical (unpaired) electrons. The molecule has 0 aliphatic carbocycles. The summed E-state index contributed by atoms with van der Waals surface area (Å²) in [5, 5.41) is 2.97. The van der Waals surface area contributed by atoms with Gasteiger partial charge in [-0.3, -0.25) is 14.4 Å². The van der Waals surface area contributed by atoms with Gasteiger partial charge >= 0.3 is 0 Å². The Morgan fingerprint density at radius 1 is 0.925 bits per heavy atom. The van der Waals surface area contributed by atoms with E-state index in [0.29, 0.717) is 6.54 Å². The topological polar surface area (TPSA) is 104 Å². The standard InChI is InChI=1S/C31H35N3O5S/c1-22(2)20-32-30(36)27(19-24-11-5-4-6-12-24)33(21-25-13-9-10-23(3)18-25)29(35)16-17-34-31(37)26-14-7-8-15-28(26)40(34,38)39/h4-15,18,22,27H,16-17,19-21H2,1-3H3,(H,32,36)/t27-/m0/s1. The summed E-state index contributed by atoms with van der Waals surface area (Å²) in [7, 11) is -4.05. The van der Waals surface area contributed by atoms with Crippen LogP contribution in [-0.4, -0.2) is 54.5 Å². The highest BCUT2D eigenvalue weighted by molar-refractivity contribution is 7.90. The predicted molar refractivity (Wildman–Crippen MR) is 153 cm³/mol. The van der Waals surface area contributed by atoms with Crippen LogP contribution in [0.25, 0.3) is 0 Å². The summed E-state index contributed by atoms with van der Waals surface area (Å²) in [5.74, 6) is -1.13. The molecule has 0 bridgehead atoms. The van der Waals surface area contributed by atoms with Gasteiger partial charge < -0.3 is 10.2 Å². The number of nitrogens with zero attached hydrogens (tertiary/aromatic N) is 2. The maximum absolute atomic E-state index is 13.9. The summed E-state index contributed by atoms with van der Waals surface area (Å²) in [6.45, 7) is 6.24. The number of hydrogen-bond donors (Lipinski definition) is 1. The Kier molecular flexibility index (Phi) is 9.04. The molecule has 1 aliphatic heterocycles. The molecule has 0 saturated carbocycles. The minimum absolute atomic E-state index is 0.0564. The van der Waals surface area contributed by atoms with Gasteiger partial charge in [-0.15, -0.1) is 0 Å². The van der Waals surface area contributed by atoms with Crippen molar-refractivity contribution in [1.29, 1.82) is 0 Å². The van der Waals surface area contributed by atoms with Crippen LogP contribution in [-0.2, 0) is 32.6 Å². The Hall–Kier alpha value is -3.98. The van der Waals surface area contributed by atoms with Crippen molar-refractivity contribution in [3.05, 3.63) is 101 Å². The first-order valence-corrected chi connectivity index (χ1v) is 14.8. The van der Waals surface area contributed by atoms with E-state index in [1.807, 2.05) is 75.4 Å². The molecule has 0 unspecified atom stereocenters. The molecule has 1 atom stereocenters. The van der Waals surface area contributed by atoms with Crippen molar-refractivity contribution in [2.45, 2.75) is 51.1 Å². The second-order valence-corrected chi connectivity index (χ2v) is 12.3. The summed E-state index contributed by atoms with van der Waals surface area (Å²) in [6.07, 6.45) is 0.0300. The van der Waals surface area contributed by atoms with E-state index in [2.05, 4.69) is 5.32 Å². The third-order valence-corrected chi connectivity index (χ3v) is 8.67. The number of nitrogens with one attached hydrogen (secondary N) is 1. The van der Waals surface area contributed by atoms with E-state index in [1.54, 1.807) is 12.1 Å². The summed E-state index contributed by atoms with van der Waals surface area (Å²) in [6, 6.07) is 22.4. The molecular weight excluding hydrogens is 526 g/mol. The first kappa shape index (κ1) is 29.0. The van der Waals surface area contributed by atoms with E-state index >= 15 is 0 Å². The molecule has 0 saturated heterocycles. The van der Waals surface area contributed by atoms with Gasteiger partial charge in [0.25, 0.3) is 15.9 Å². The van der Waals surface area contributed by atoms with E-state index < -0.39 is 27.9 Å². The maximum Gasteiger partial charge on any atom is 0.269 e. The zero-order valence-corrected chi connectivity index (χ0v) is 23.9. The third kappa shape index (κ3) is 6.59. The zero-order chi connectivity index (χ0) is 28.9. The van der Waals surface area contributed by atoms with Gasteiger partial charge in [-0.05, 0) is 36.1 Å². The van der Waals surface area contributed by atoms with Crippen molar-refractivity contribution in [3.8, 4) is 0 Å². The fourth-order valence-electron chi connectivity index (χ4n) is 4.78. The molecule has 4 rings (SSSR count). The van der Waals surface area contributed by atoms with Gasteiger partial charge in [-0.2, -0.15) is 0 Å². The number of rotatable bonds is 11. The first-order valence-electron chi connectivity index (χ1n) is 13.4. The number of fused-ring (bicyclic) bond motifs is 1. The fraction of sp³-hybridized carbons (Fsp3) is 0.323. The highest BCUT2D eigenvalue weighted by Gasteiger charge is 2.41. The monoisotopic (exact) mass is 561 g/mol. The van der Waals surface area contributed by atoms with Crippen molar-refractivity contribution in [2.24, 2.45) is 5.92 Å². The van der Waals surface area contributed by atoms with Crippen LogP contribution in [0.2, 0.25) is 0 Å². The third-order valence-electron chi connectivity index (χ3n) is 6.83. The number of sulfonamides is 1. The van der Waals surface area contributed by atoms with Gasteiger partial charge in [0.15, 0.2) is 0 Å². The average Bonchev–Trinajstić information content (AvgIpc) is 3.13. The quantitative estimate of drug-likeness (QED) is 0.382. The van der Waals surface area contributed by atoms with Gasteiger partial charge in [-0.25, -0.2) is 12.7 Å². The van der Waals surface area contributed by atoms with Crippen molar-refractivity contribution in [3.63, 3.8) is 0 Å². The summed E-state index contributed by atoms with van der Waals surface area (Å²) in [4.78, 5) is 41.8. The molecule has 8 nitrogen and oxygen atoms in total. The summed E-state index contributed by atoms with van der Waals surface area (Å²) < 4.78 is 26.9. The summed E-state index contributed by atoms with van der Waals surface area (Å²) in [5.41, 5.74) is 2.85. The lowest BCUT2D eigenvalue weighted by Crippen LogP contribution is -2.51. The van der Waals surface area contributed by atoms with Crippen molar-refractivity contribution in [2.75, 3.05) is 13.1 Å². The van der Waals surface area contributed by atoms with Gasteiger partial charge in [0.05, 0.1) is 5.56 Å². The van der Waals surface area contributed by atoms with E-state index in [1.165, 1.54) is 17.0 Å². The normalized spacial score (nSPS) is 14.6. The number of hydrogen-bond acceptors (Lipinski definition) is 5. The molecule has 3 aromatic rings. The molecule has 3 amide bonds. The molecule has 0 aromatic heterocycles. The fourth-order valence-corrected chi connectivity index (χ4v) is 6.35. The molecule has 3 aromatic carbocycles. The molecule has 210 valence electrons. The molecule has 0 fully saturated rings. The largest absolute Gasteiger partial charge is 0.354 e. The van der Waals surface area contributed by atoms with Crippen LogP contribution in [0.4, 0.5) is 0 Å². The second-order valence-electron chi connectivity index (χ2n) is 10.5. The van der Waals surface area contributed by atoms with Crippen LogP contribution in [0.1, 0.15) is 47.3 Å². The van der Waals surface area contributed by atoms with E-state index in [9.17, 15) is 22.8 Å². The Labute approximate surface area is 236 Å². The highest BCUT2D eigenvalue weighted by atomic mass is 32.2. The molecular formula is C31H35N3O5S. The van der Waals surface area contributed by atoms with E-state index in [0.717, 1.165) is 21.0 Å². The minimum atomic E-state index is -4.05. The number of aryl methyl sites for hydroxylation is 1. The Balaban J connectivity index is 1.63. The first-order chi connectivity index (χ1) is 19.1. The zero-order valence-electron chi connectivity index (χ0n) is 23.0. The van der Waals surface area contributed by atoms with E-state index in [4.69, 9.17) is 0 Å². The van der Waals surface area contributed by atoms with Crippen LogP contribution in [0.3, 0.4) is 0 Å². The van der Waals surface area contributed by atoms with Crippen molar-refractivity contribution < 1.29 is 22.8 Å². The minimum Gasteiger partial charge on any atom is -0.354 e. The molecule has 1 aliphatic rings. The SMILES string of the molecule is Cc1cccc(CN(C(=O)CCN2C(=O)c3ccccc3S2(=O)=O)[C@@H](Cc2ccccc2)C(=O)NCC(C)C)c1. The van der Waals surface area contributed by atoms with Gasteiger partial charge in [-0.1, -0.05) is 86.1 Å². The van der Waals surface area contributed by atoms with Gasteiger partial charge in [0, 0.05) is 32.5 Å². The molecule has 40 heavy (non-hydrogen) atoms. The predicted octanol–water partition coefficient (Wildman–Crippen LogP) is 3.94. The smallest absolute Gasteiger partial charge is 0.269 e. The second kappa shape index (κ2) is 12.5. The van der Waals surface area contributed by atoms with E-state index in [-0.39, 0.29) is 48.2 Å². The van der Waals surface area contributed by atoms with Gasteiger partial charge in [0.2, 0.25) is 11.8 Å². The summed E-state index contributed by atoms with van der Waals surface area (Å²) >= 11 is 0. The average molecular weight is 562 g/mol. The Morgan fingerprint density at radius 2 is 1.60 bits per heavy atom. The molecule has 1 heterocycles. The molecule has 0 spiro atoms. The van der Waals surface area contributed by atoms with Crippen molar-refractivity contribution >= 4 is 27.7 Å². The number of carbonyl (C=O) groups excluding carboxylic acids is 3. The molecule has 9 heteroatoms. The lowest BCUT2D eigenvalue weighted by Gasteiger charge is -2.32. The lowest BCUT2D eigenvalue weighted by molar-refractivity contribution is -0.141. The number of carbonyl (C=O) groups is 3. The van der Waals surface area contributed by atoms with Crippen molar-refractivity contribution in [1.82, 2.24) is 14.5 Å². The Bertz CT molecular complexity index is 1490. The number of benzene rings is 3.